The van der Waals surface area contributed by atoms with Crippen LogP contribution in [0.2, 0.25) is 0 Å². The number of hydrogen-bond donors (Lipinski definition) is 1. The Morgan fingerprint density at radius 1 is 1.50 bits per heavy atom. The van der Waals surface area contributed by atoms with Gasteiger partial charge in [-0.25, -0.2) is 0 Å². The lowest BCUT2D eigenvalue weighted by atomic mass is 9.90. The van der Waals surface area contributed by atoms with Gasteiger partial charge in [-0.3, -0.25) is 0 Å². The average Bonchev–Trinajstić information content (AvgIpc) is 2.05. The molecule has 0 aromatic heterocycles. The van der Waals surface area contributed by atoms with Crippen molar-refractivity contribution in [2.75, 3.05) is 20.2 Å². The van der Waals surface area contributed by atoms with Gasteiger partial charge < -0.3 is 10.0 Å². The van der Waals surface area contributed by atoms with Crippen LogP contribution >= 0.6 is 0 Å². The summed E-state index contributed by atoms with van der Waals surface area (Å²) in [5, 5.41) is 8.84. The summed E-state index contributed by atoms with van der Waals surface area (Å²) in [4.78, 5) is 2.45. The zero-order chi connectivity index (χ0) is 8.97. The van der Waals surface area contributed by atoms with Crippen LogP contribution in [-0.2, 0) is 0 Å². The van der Waals surface area contributed by atoms with Crippen LogP contribution in [0.15, 0.2) is 0 Å². The molecular weight excluding hydrogens is 150 g/mol. The molecule has 2 nitrogen and oxygen atoms in total. The van der Waals surface area contributed by atoms with Gasteiger partial charge in [0, 0.05) is 12.6 Å². The Labute approximate surface area is 75.6 Å². The number of rotatable bonds is 3. The third-order valence-corrected chi connectivity index (χ3v) is 3.07. The van der Waals surface area contributed by atoms with Crippen LogP contribution in [-0.4, -0.2) is 36.2 Å². The standard InChI is InChI=1S/C10H21NO/c1-9(6-8-12)10-5-3-4-7-11(10)2/h9-10,12H,3-8H2,1-2H3. The van der Waals surface area contributed by atoms with Crippen LogP contribution in [0.1, 0.15) is 32.6 Å². The van der Waals surface area contributed by atoms with E-state index in [0.717, 1.165) is 6.42 Å². The zero-order valence-corrected chi connectivity index (χ0v) is 8.29. The van der Waals surface area contributed by atoms with Crippen molar-refractivity contribution in [3.63, 3.8) is 0 Å². The number of piperidine rings is 1. The smallest absolute Gasteiger partial charge is 0.0434 e. The first-order valence-electron chi connectivity index (χ1n) is 5.07. The van der Waals surface area contributed by atoms with Crippen molar-refractivity contribution in [3.05, 3.63) is 0 Å². The van der Waals surface area contributed by atoms with E-state index >= 15 is 0 Å². The van der Waals surface area contributed by atoms with Gasteiger partial charge in [-0.05, 0) is 38.8 Å². The van der Waals surface area contributed by atoms with Crippen LogP contribution in [0.25, 0.3) is 0 Å². The summed E-state index contributed by atoms with van der Waals surface area (Å²) in [6, 6.07) is 0.714. The highest BCUT2D eigenvalue weighted by molar-refractivity contribution is 4.78. The molecule has 0 aromatic rings. The van der Waals surface area contributed by atoms with E-state index in [-0.39, 0.29) is 0 Å². The fourth-order valence-electron chi connectivity index (χ4n) is 2.22. The predicted molar refractivity (Wildman–Crippen MR) is 51.1 cm³/mol. The van der Waals surface area contributed by atoms with E-state index in [4.69, 9.17) is 5.11 Å². The molecule has 72 valence electrons. The Hall–Kier alpha value is -0.0800. The minimum Gasteiger partial charge on any atom is -0.396 e. The summed E-state index contributed by atoms with van der Waals surface area (Å²) >= 11 is 0. The van der Waals surface area contributed by atoms with Crippen LogP contribution in [0.4, 0.5) is 0 Å². The third-order valence-electron chi connectivity index (χ3n) is 3.07. The highest BCUT2D eigenvalue weighted by Crippen LogP contribution is 2.23. The molecule has 1 aliphatic heterocycles. The van der Waals surface area contributed by atoms with Crippen molar-refractivity contribution in [1.82, 2.24) is 4.90 Å². The Morgan fingerprint density at radius 2 is 2.25 bits per heavy atom. The zero-order valence-electron chi connectivity index (χ0n) is 8.29. The molecule has 0 saturated carbocycles. The Bertz CT molecular complexity index is 127. The van der Waals surface area contributed by atoms with E-state index < -0.39 is 0 Å². The molecule has 1 saturated heterocycles. The van der Waals surface area contributed by atoms with Gasteiger partial charge >= 0.3 is 0 Å². The van der Waals surface area contributed by atoms with E-state index in [0.29, 0.717) is 18.6 Å². The Morgan fingerprint density at radius 3 is 2.83 bits per heavy atom. The van der Waals surface area contributed by atoms with Crippen LogP contribution in [0, 0.1) is 5.92 Å². The number of nitrogens with zero attached hydrogens (tertiary/aromatic N) is 1. The largest absolute Gasteiger partial charge is 0.396 e. The lowest BCUT2D eigenvalue weighted by Crippen LogP contribution is -2.40. The second-order valence-corrected chi connectivity index (χ2v) is 4.03. The first-order chi connectivity index (χ1) is 5.75. The van der Waals surface area contributed by atoms with Gasteiger partial charge in [0.05, 0.1) is 0 Å². The topological polar surface area (TPSA) is 23.5 Å². The molecule has 2 unspecified atom stereocenters. The lowest BCUT2D eigenvalue weighted by Gasteiger charge is -2.36. The van der Waals surface area contributed by atoms with Crippen LogP contribution in [0.3, 0.4) is 0 Å². The molecular formula is C10H21NO. The highest BCUT2D eigenvalue weighted by Gasteiger charge is 2.23. The lowest BCUT2D eigenvalue weighted by molar-refractivity contribution is 0.118. The van der Waals surface area contributed by atoms with Gasteiger partial charge in [0.25, 0.3) is 0 Å². The molecule has 2 heteroatoms. The fraction of sp³-hybridized carbons (Fsp3) is 1.00. The maximum atomic E-state index is 8.84. The minimum atomic E-state index is 0.339. The summed E-state index contributed by atoms with van der Waals surface area (Å²) < 4.78 is 0. The number of hydrogen-bond acceptors (Lipinski definition) is 2. The van der Waals surface area contributed by atoms with Crippen LogP contribution < -0.4 is 0 Å². The molecule has 0 spiro atoms. The summed E-state index contributed by atoms with van der Waals surface area (Å²) in [7, 11) is 2.21. The first kappa shape index (κ1) is 10.0. The number of likely N-dealkylation sites (tertiary alicyclic amines) is 1. The fourth-order valence-corrected chi connectivity index (χ4v) is 2.22. The van der Waals surface area contributed by atoms with Gasteiger partial charge in [0.15, 0.2) is 0 Å². The second kappa shape index (κ2) is 4.83. The van der Waals surface area contributed by atoms with Gasteiger partial charge in [0.1, 0.15) is 0 Å². The van der Waals surface area contributed by atoms with Crippen molar-refractivity contribution >= 4 is 0 Å². The van der Waals surface area contributed by atoms with E-state index in [1.165, 1.54) is 25.8 Å². The average molecular weight is 171 g/mol. The summed E-state index contributed by atoms with van der Waals surface area (Å²) in [6.45, 7) is 3.83. The van der Waals surface area contributed by atoms with E-state index in [1.807, 2.05) is 0 Å². The van der Waals surface area contributed by atoms with Crippen molar-refractivity contribution in [3.8, 4) is 0 Å². The Balaban J connectivity index is 2.36. The van der Waals surface area contributed by atoms with Gasteiger partial charge in [-0.1, -0.05) is 13.3 Å². The van der Waals surface area contributed by atoms with Gasteiger partial charge in [-0.2, -0.15) is 0 Å². The van der Waals surface area contributed by atoms with Crippen LogP contribution in [0.5, 0.6) is 0 Å². The van der Waals surface area contributed by atoms with Gasteiger partial charge in [0.2, 0.25) is 0 Å². The normalized spacial score (nSPS) is 28.8. The maximum absolute atomic E-state index is 8.84. The first-order valence-corrected chi connectivity index (χ1v) is 5.07. The molecule has 0 amide bonds. The molecule has 1 N–H and O–H groups in total. The van der Waals surface area contributed by atoms with Crippen molar-refractivity contribution in [2.24, 2.45) is 5.92 Å². The summed E-state index contributed by atoms with van der Waals surface area (Å²) in [6.07, 6.45) is 4.98. The third kappa shape index (κ3) is 2.46. The molecule has 0 aliphatic carbocycles. The van der Waals surface area contributed by atoms with E-state index in [1.54, 1.807) is 0 Å². The summed E-state index contributed by atoms with van der Waals surface area (Å²) in [5.74, 6) is 0.653. The monoisotopic (exact) mass is 171 g/mol. The minimum absolute atomic E-state index is 0.339. The van der Waals surface area contributed by atoms with Crippen molar-refractivity contribution in [1.29, 1.82) is 0 Å². The molecule has 1 fully saturated rings. The molecule has 0 aromatic carbocycles. The molecule has 1 heterocycles. The molecule has 0 radical (unpaired) electrons. The summed E-state index contributed by atoms with van der Waals surface area (Å²) in [5.41, 5.74) is 0. The maximum Gasteiger partial charge on any atom is 0.0434 e. The quantitative estimate of drug-likeness (QED) is 0.695. The Kier molecular flexibility index (Phi) is 4.02. The molecule has 0 bridgehead atoms. The predicted octanol–water partition coefficient (Wildman–Crippen LogP) is 1.49. The molecule has 12 heavy (non-hydrogen) atoms. The number of aliphatic hydroxyl groups excluding tert-OH is 1. The van der Waals surface area contributed by atoms with Gasteiger partial charge in [-0.15, -0.1) is 0 Å². The second-order valence-electron chi connectivity index (χ2n) is 4.03. The molecule has 1 rings (SSSR count). The SMILES string of the molecule is CC(CCO)C1CCCCN1C. The molecule has 1 aliphatic rings. The molecule has 2 atom stereocenters. The highest BCUT2D eigenvalue weighted by atomic mass is 16.3. The van der Waals surface area contributed by atoms with Crippen molar-refractivity contribution < 1.29 is 5.11 Å². The number of aliphatic hydroxyl groups is 1. The van der Waals surface area contributed by atoms with E-state index in [2.05, 4.69) is 18.9 Å². The van der Waals surface area contributed by atoms with Crippen molar-refractivity contribution in [2.45, 2.75) is 38.6 Å². The van der Waals surface area contributed by atoms with E-state index in [9.17, 15) is 0 Å².